The molecule has 11 heavy (non-hydrogen) atoms. The molecule has 0 heterocycles. The third-order valence-corrected chi connectivity index (χ3v) is 0. The fraction of sp³-hybridized carbons (Fsp3) is 0. The molecule has 0 bridgehead atoms. The van der Waals surface area contributed by atoms with Crippen LogP contribution >= 0.6 is 7.82 Å². The quantitative estimate of drug-likeness (QED) is 0.159. The third-order valence-electron chi connectivity index (χ3n) is 0. The molecule has 0 aromatic rings. The molecule has 0 amide bonds. The summed E-state index contributed by atoms with van der Waals surface area (Å²) in [6.07, 6.45) is 0. The minimum absolute atomic E-state index is 0. The normalized spacial score (nSPS) is 10.8. The Kier molecular flexibility index (Phi) is 10.9. The van der Waals surface area contributed by atoms with Gasteiger partial charge in [-0.15, -0.1) is 0 Å². The molecule has 0 aromatic carbocycles. The molecule has 0 aliphatic heterocycles. The first-order valence-corrected chi connectivity index (χ1v) is 5.03. The predicted molar refractivity (Wildman–Crippen MR) is 36.0 cm³/mol. The Balaban J connectivity index is -0.000000107. The zero-order valence-electron chi connectivity index (χ0n) is 4.49. The van der Waals surface area contributed by atoms with Gasteiger partial charge in [-0.25, -0.2) is 4.57 Å². The van der Waals surface area contributed by atoms with Gasteiger partial charge in [0, 0.05) is 0 Å². The van der Waals surface area contributed by atoms with Gasteiger partial charge >= 0.3 is 46.4 Å². The second kappa shape index (κ2) is 6.66. The van der Waals surface area contributed by atoms with Crippen molar-refractivity contribution in [3.05, 3.63) is 0 Å². The summed E-state index contributed by atoms with van der Waals surface area (Å²) in [6.45, 7) is 0. The number of hydrogen-bond donors (Lipinski definition) is 7. The van der Waals surface area contributed by atoms with Crippen molar-refractivity contribution >= 4 is 46.4 Å². The van der Waals surface area contributed by atoms with Crippen LogP contribution in [0.25, 0.3) is 0 Å². The molecule has 7 N–H and O–H groups in total. The van der Waals surface area contributed by atoms with E-state index in [1.54, 1.807) is 0 Å². The van der Waals surface area contributed by atoms with Crippen molar-refractivity contribution in [2.45, 2.75) is 0 Å². The zero-order chi connectivity index (χ0) is 9.00. The van der Waals surface area contributed by atoms with Gasteiger partial charge in [-0.1, -0.05) is 0 Å². The average molecular weight is 218 g/mol. The third kappa shape index (κ3) is 689. The van der Waals surface area contributed by atoms with Crippen LogP contribution in [-0.4, -0.2) is 72.5 Å². The van der Waals surface area contributed by atoms with E-state index in [4.69, 9.17) is 38.4 Å². The van der Waals surface area contributed by atoms with Gasteiger partial charge in [-0.05, 0) is 0 Å². The van der Waals surface area contributed by atoms with E-state index in [0.29, 0.717) is 0 Å². The van der Waals surface area contributed by atoms with Gasteiger partial charge < -0.3 is 33.9 Å². The van der Waals surface area contributed by atoms with Crippen molar-refractivity contribution in [2.24, 2.45) is 0 Å². The van der Waals surface area contributed by atoms with Crippen molar-refractivity contribution in [1.82, 2.24) is 0 Å². The summed E-state index contributed by atoms with van der Waals surface area (Å²) in [4.78, 5) is 50.9. The summed E-state index contributed by atoms with van der Waals surface area (Å²) in [6, 6.07) is 0. The Labute approximate surface area is 84.8 Å². The van der Waals surface area contributed by atoms with Crippen LogP contribution in [0.1, 0.15) is 0 Å². The molecular weight excluding hydrogens is 210 g/mol. The first kappa shape index (κ1) is 18.1. The van der Waals surface area contributed by atoms with Crippen molar-refractivity contribution < 1.29 is 38.4 Å². The van der Waals surface area contributed by atoms with E-state index in [1.165, 1.54) is 0 Å². The molecule has 0 spiro atoms. The van der Waals surface area contributed by atoms with Crippen molar-refractivity contribution in [3.8, 4) is 0 Å². The van der Waals surface area contributed by atoms with E-state index < -0.39 is 16.9 Å². The zero-order valence-corrected chi connectivity index (χ0v) is 6.38. The molecule has 0 atom stereocenters. The Hall–Kier alpha value is 1.17. The second-order valence-electron chi connectivity index (χ2n) is 1.11. The van der Waals surface area contributed by atoms with Gasteiger partial charge in [0.2, 0.25) is 0 Å². The fourth-order valence-electron chi connectivity index (χ4n) is 0. The average Bonchev–Trinajstić information content (AvgIpc) is 1.12. The van der Waals surface area contributed by atoms with Crippen LogP contribution in [0.2, 0.25) is 0 Å². The number of rotatable bonds is 0. The van der Waals surface area contributed by atoms with Crippen molar-refractivity contribution in [1.29, 1.82) is 0 Å². The molecule has 66 valence electrons. The van der Waals surface area contributed by atoms with E-state index in [1.807, 2.05) is 0 Å². The molecule has 0 fully saturated rings. The van der Waals surface area contributed by atoms with E-state index in [2.05, 4.69) is 0 Å². The SMILES string of the molecule is O=P(O)(O)O.O[Si](O)(O)O.[NaH]. The summed E-state index contributed by atoms with van der Waals surface area (Å²) in [5, 5.41) is 0. The molecule has 0 saturated carbocycles. The number of phosphoric acid groups is 1. The van der Waals surface area contributed by atoms with Crippen molar-refractivity contribution in [3.63, 3.8) is 0 Å². The van der Waals surface area contributed by atoms with Crippen LogP contribution < -0.4 is 0 Å². The van der Waals surface area contributed by atoms with E-state index >= 15 is 0 Å². The molecule has 0 rings (SSSR count). The van der Waals surface area contributed by atoms with Crippen LogP contribution in [0, 0.1) is 0 Å². The molecule has 11 heteroatoms. The topological polar surface area (TPSA) is 159 Å². The molecule has 0 unspecified atom stereocenters. The van der Waals surface area contributed by atoms with Gasteiger partial charge in [0.25, 0.3) is 0 Å². The van der Waals surface area contributed by atoms with E-state index in [9.17, 15) is 0 Å². The Morgan fingerprint density at radius 1 is 0.909 bits per heavy atom. The first-order valence-electron chi connectivity index (χ1n) is 1.68. The summed E-state index contributed by atoms with van der Waals surface area (Å²) < 4.78 is 8.88. The maximum atomic E-state index is 8.88. The Morgan fingerprint density at radius 2 is 0.909 bits per heavy atom. The van der Waals surface area contributed by atoms with Crippen LogP contribution in [0.3, 0.4) is 0 Å². The molecule has 0 aliphatic rings. The predicted octanol–water partition coefficient (Wildman–Crippen LogP) is -4.19. The fourth-order valence-corrected chi connectivity index (χ4v) is 0. The minimum atomic E-state index is -4.64. The molecular formula is H8NaO8PSi. The second-order valence-corrected chi connectivity index (χ2v) is 3.34. The van der Waals surface area contributed by atoms with Crippen LogP contribution in [0.15, 0.2) is 0 Å². The Morgan fingerprint density at radius 3 is 0.909 bits per heavy atom. The van der Waals surface area contributed by atoms with E-state index in [-0.39, 0.29) is 29.6 Å². The van der Waals surface area contributed by atoms with Gasteiger partial charge in [-0.2, -0.15) is 0 Å². The van der Waals surface area contributed by atoms with Crippen LogP contribution in [-0.2, 0) is 4.57 Å². The van der Waals surface area contributed by atoms with Crippen LogP contribution in [0.4, 0.5) is 0 Å². The summed E-state index contributed by atoms with van der Waals surface area (Å²) in [5.74, 6) is 0. The molecule has 8 nitrogen and oxygen atoms in total. The standard InChI is InChI=1S/Na.H3O4P.H4O4Si.H/c;2*1-5(2,3)4;/h;(H3,1,2,3,4);1-4H;. The van der Waals surface area contributed by atoms with Gasteiger partial charge in [-0.3, -0.25) is 0 Å². The molecule has 0 aliphatic carbocycles. The van der Waals surface area contributed by atoms with Gasteiger partial charge in [0.1, 0.15) is 0 Å². The molecule has 0 radical (unpaired) electrons. The van der Waals surface area contributed by atoms with E-state index in [0.717, 1.165) is 0 Å². The van der Waals surface area contributed by atoms with Gasteiger partial charge in [0.05, 0.1) is 0 Å². The van der Waals surface area contributed by atoms with Crippen molar-refractivity contribution in [2.75, 3.05) is 0 Å². The maximum absolute atomic E-state index is 8.88. The molecule has 0 saturated heterocycles. The summed E-state index contributed by atoms with van der Waals surface area (Å²) in [7, 11) is -9.25. The molecule has 0 aromatic heterocycles. The summed E-state index contributed by atoms with van der Waals surface area (Å²) >= 11 is 0. The first-order chi connectivity index (χ1) is 4.00. The monoisotopic (exact) mass is 218 g/mol. The Bertz CT molecular complexity index is 106. The summed E-state index contributed by atoms with van der Waals surface area (Å²) in [5.41, 5.74) is 0. The van der Waals surface area contributed by atoms with Gasteiger partial charge in [0.15, 0.2) is 0 Å². The van der Waals surface area contributed by atoms with Crippen LogP contribution in [0.5, 0.6) is 0 Å². The number of hydrogen-bond acceptors (Lipinski definition) is 5.